The number of benzene rings is 2. The summed E-state index contributed by atoms with van der Waals surface area (Å²) in [5.41, 5.74) is 4.71. The molecule has 0 heterocycles. The molecule has 0 aliphatic carbocycles. The minimum absolute atomic E-state index is 1.14. The van der Waals surface area contributed by atoms with Gasteiger partial charge in [-0.05, 0) is 62.8 Å². The second kappa shape index (κ2) is 11.1. The molecule has 0 aliphatic rings. The van der Waals surface area contributed by atoms with Crippen molar-refractivity contribution >= 4 is 11.4 Å². The Morgan fingerprint density at radius 2 is 1.50 bits per heavy atom. The normalized spacial score (nSPS) is 11.5. The van der Waals surface area contributed by atoms with Gasteiger partial charge in [0.2, 0.25) is 0 Å². The molecule has 0 radical (unpaired) electrons. The summed E-state index contributed by atoms with van der Waals surface area (Å²) in [6.07, 6.45) is 10.5. The molecule has 1 heteroatoms. The number of allylic oxidation sites excluding steroid dienone is 5. The first-order chi connectivity index (χ1) is 11.8. The van der Waals surface area contributed by atoms with Crippen LogP contribution in [0, 0.1) is 6.92 Å². The number of rotatable bonds is 5. The fourth-order valence-electron chi connectivity index (χ4n) is 2.36. The summed E-state index contributed by atoms with van der Waals surface area (Å²) in [4.78, 5) is 2.27. The molecule has 0 aliphatic heterocycles. The van der Waals surface area contributed by atoms with Crippen molar-refractivity contribution in [1.82, 2.24) is 0 Å². The SMILES string of the molecule is CC.C\C=C/C=C(\C=C/C)N(c1ccccc1)c1cccc(C)c1. The van der Waals surface area contributed by atoms with Gasteiger partial charge in [-0.25, -0.2) is 0 Å². The van der Waals surface area contributed by atoms with Crippen molar-refractivity contribution < 1.29 is 0 Å². The van der Waals surface area contributed by atoms with Gasteiger partial charge in [0.1, 0.15) is 0 Å². The third-order valence-corrected chi connectivity index (χ3v) is 3.33. The van der Waals surface area contributed by atoms with Gasteiger partial charge in [-0.1, -0.05) is 62.4 Å². The fourth-order valence-corrected chi connectivity index (χ4v) is 2.36. The van der Waals surface area contributed by atoms with Crippen LogP contribution in [-0.4, -0.2) is 0 Å². The smallest absolute Gasteiger partial charge is 0.0464 e. The summed E-state index contributed by atoms with van der Waals surface area (Å²) in [6.45, 7) is 10.2. The van der Waals surface area contributed by atoms with Crippen LogP contribution in [0.15, 0.2) is 90.7 Å². The van der Waals surface area contributed by atoms with Crippen LogP contribution in [0.25, 0.3) is 0 Å². The zero-order valence-corrected chi connectivity index (χ0v) is 15.5. The van der Waals surface area contributed by atoms with Crippen LogP contribution in [-0.2, 0) is 0 Å². The molecule has 126 valence electrons. The van der Waals surface area contributed by atoms with E-state index >= 15 is 0 Å². The summed E-state index contributed by atoms with van der Waals surface area (Å²) < 4.78 is 0. The van der Waals surface area contributed by atoms with E-state index in [2.05, 4.69) is 84.7 Å². The van der Waals surface area contributed by atoms with Crippen molar-refractivity contribution in [2.24, 2.45) is 0 Å². The quantitative estimate of drug-likeness (QED) is 0.527. The lowest BCUT2D eigenvalue weighted by atomic mass is 10.1. The molecule has 0 saturated heterocycles. The van der Waals surface area contributed by atoms with Gasteiger partial charge in [0, 0.05) is 17.1 Å². The molecule has 2 aromatic carbocycles. The Balaban J connectivity index is 0.00000139. The Hall–Kier alpha value is -2.54. The third-order valence-electron chi connectivity index (χ3n) is 3.33. The van der Waals surface area contributed by atoms with Gasteiger partial charge in [-0.2, -0.15) is 0 Å². The number of aryl methyl sites for hydroxylation is 1. The first kappa shape index (κ1) is 19.5. The highest BCUT2D eigenvalue weighted by Crippen LogP contribution is 2.30. The second-order valence-corrected chi connectivity index (χ2v) is 5.13. The standard InChI is InChI=1S/C21H23N.C2H6/c1-4-6-13-19(11-5-2)22(20-14-8-7-9-15-20)21-16-10-12-18(3)17-21;1-2/h4-17H,1-3H3;1-2H3/b6-4-,11-5-,19-13+;. The molecule has 0 saturated carbocycles. The van der Waals surface area contributed by atoms with Crippen molar-refractivity contribution in [1.29, 1.82) is 0 Å². The van der Waals surface area contributed by atoms with Crippen LogP contribution in [0.2, 0.25) is 0 Å². The maximum absolute atomic E-state index is 2.27. The molecule has 2 aromatic rings. The Kier molecular flexibility index (Phi) is 8.99. The zero-order valence-electron chi connectivity index (χ0n) is 15.5. The number of hydrogen-bond donors (Lipinski definition) is 0. The summed E-state index contributed by atoms with van der Waals surface area (Å²) in [6, 6.07) is 19.0. The third kappa shape index (κ3) is 5.58. The molecule has 0 bridgehead atoms. The van der Waals surface area contributed by atoms with Crippen LogP contribution >= 0.6 is 0 Å². The average molecular weight is 319 g/mol. The molecular weight excluding hydrogens is 290 g/mol. The monoisotopic (exact) mass is 319 g/mol. The van der Waals surface area contributed by atoms with Crippen LogP contribution in [0.4, 0.5) is 11.4 Å². The molecule has 0 atom stereocenters. The molecule has 0 unspecified atom stereocenters. The van der Waals surface area contributed by atoms with Gasteiger partial charge in [0.25, 0.3) is 0 Å². The van der Waals surface area contributed by atoms with Gasteiger partial charge in [-0.15, -0.1) is 0 Å². The minimum Gasteiger partial charge on any atom is -0.311 e. The molecule has 0 amide bonds. The molecular formula is C23H29N. The van der Waals surface area contributed by atoms with Gasteiger partial charge in [0.05, 0.1) is 0 Å². The highest BCUT2D eigenvalue weighted by molar-refractivity contribution is 5.70. The van der Waals surface area contributed by atoms with Gasteiger partial charge < -0.3 is 4.90 Å². The van der Waals surface area contributed by atoms with E-state index in [-0.39, 0.29) is 0 Å². The lowest BCUT2D eigenvalue weighted by Gasteiger charge is -2.26. The van der Waals surface area contributed by atoms with Crippen molar-refractivity contribution in [2.45, 2.75) is 34.6 Å². The Labute approximate surface area is 147 Å². The Morgan fingerprint density at radius 3 is 2.08 bits per heavy atom. The van der Waals surface area contributed by atoms with Gasteiger partial charge >= 0.3 is 0 Å². The van der Waals surface area contributed by atoms with E-state index in [4.69, 9.17) is 0 Å². The van der Waals surface area contributed by atoms with E-state index < -0.39 is 0 Å². The minimum atomic E-state index is 1.14. The van der Waals surface area contributed by atoms with E-state index in [1.54, 1.807) is 0 Å². The van der Waals surface area contributed by atoms with Crippen LogP contribution in [0.1, 0.15) is 33.3 Å². The Morgan fingerprint density at radius 1 is 0.833 bits per heavy atom. The molecule has 2 rings (SSSR count). The molecule has 24 heavy (non-hydrogen) atoms. The van der Waals surface area contributed by atoms with Crippen molar-refractivity contribution in [3.8, 4) is 0 Å². The van der Waals surface area contributed by atoms with Crippen LogP contribution in [0.3, 0.4) is 0 Å². The highest BCUT2D eigenvalue weighted by atomic mass is 15.1. The maximum atomic E-state index is 2.27. The van der Waals surface area contributed by atoms with Gasteiger partial charge in [0.15, 0.2) is 0 Å². The summed E-state index contributed by atoms with van der Waals surface area (Å²) >= 11 is 0. The number of nitrogens with zero attached hydrogens (tertiary/aromatic N) is 1. The summed E-state index contributed by atoms with van der Waals surface area (Å²) in [7, 11) is 0. The fraction of sp³-hybridized carbons (Fsp3) is 0.217. The first-order valence-corrected chi connectivity index (χ1v) is 8.63. The molecule has 0 fully saturated rings. The van der Waals surface area contributed by atoms with E-state index in [1.165, 1.54) is 11.3 Å². The van der Waals surface area contributed by atoms with E-state index in [0.717, 1.165) is 11.4 Å². The van der Waals surface area contributed by atoms with E-state index in [1.807, 2.05) is 39.8 Å². The molecule has 0 spiro atoms. The Bertz CT molecular complexity index is 678. The number of anilines is 2. The van der Waals surface area contributed by atoms with Crippen LogP contribution in [0.5, 0.6) is 0 Å². The van der Waals surface area contributed by atoms with Crippen molar-refractivity contribution in [3.63, 3.8) is 0 Å². The first-order valence-electron chi connectivity index (χ1n) is 8.63. The van der Waals surface area contributed by atoms with E-state index in [9.17, 15) is 0 Å². The zero-order chi connectivity index (χ0) is 17.8. The van der Waals surface area contributed by atoms with Crippen molar-refractivity contribution in [3.05, 3.63) is 96.2 Å². The topological polar surface area (TPSA) is 3.24 Å². The molecule has 1 nitrogen and oxygen atoms in total. The maximum Gasteiger partial charge on any atom is 0.0464 e. The predicted octanol–water partition coefficient (Wildman–Crippen LogP) is 7.20. The number of para-hydroxylation sites is 1. The highest BCUT2D eigenvalue weighted by Gasteiger charge is 2.12. The lowest BCUT2D eigenvalue weighted by Crippen LogP contribution is -2.15. The largest absolute Gasteiger partial charge is 0.311 e. The lowest BCUT2D eigenvalue weighted by molar-refractivity contribution is 1.20. The molecule has 0 N–H and O–H groups in total. The van der Waals surface area contributed by atoms with Crippen LogP contribution < -0.4 is 4.90 Å². The summed E-state index contributed by atoms with van der Waals surface area (Å²) in [5, 5.41) is 0. The number of hydrogen-bond acceptors (Lipinski definition) is 1. The molecule has 0 aromatic heterocycles. The average Bonchev–Trinajstić information content (AvgIpc) is 2.63. The second-order valence-electron chi connectivity index (χ2n) is 5.13. The van der Waals surface area contributed by atoms with Gasteiger partial charge in [-0.3, -0.25) is 0 Å². The van der Waals surface area contributed by atoms with Crippen molar-refractivity contribution in [2.75, 3.05) is 4.90 Å². The predicted molar refractivity (Wildman–Crippen MR) is 109 cm³/mol. The summed E-state index contributed by atoms with van der Waals surface area (Å²) in [5.74, 6) is 0. The van der Waals surface area contributed by atoms with E-state index in [0.29, 0.717) is 0 Å².